The molecule has 2 N–H and O–H groups in total. The van der Waals surface area contributed by atoms with E-state index in [1.807, 2.05) is 50.2 Å². The Morgan fingerprint density at radius 3 is 2.55 bits per heavy atom. The van der Waals surface area contributed by atoms with E-state index in [-0.39, 0.29) is 17.6 Å². The van der Waals surface area contributed by atoms with E-state index in [1.165, 1.54) is 0 Å². The van der Waals surface area contributed by atoms with Crippen LogP contribution in [0.3, 0.4) is 0 Å². The van der Waals surface area contributed by atoms with E-state index >= 15 is 0 Å². The summed E-state index contributed by atoms with van der Waals surface area (Å²) in [6.45, 7) is 5.94. The Morgan fingerprint density at radius 1 is 1.10 bits per heavy atom. The molecular weight excluding hydrogens is 362 g/mol. The van der Waals surface area contributed by atoms with Crippen LogP contribution < -0.4 is 10.6 Å². The van der Waals surface area contributed by atoms with Gasteiger partial charge in [0.25, 0.3) is 5.91 Å². The highest BCUT2D eigenvalue weighted by molar-refractivity contribution is 6.09. The predicted molar refractivity (Wildman–Crippen MR) is 113 cm³/mol. The van der Waals surface area contributed by atoms with E-state index in [4.69, 9.17) is 0 Å². The summed E-state index contributed by atoms with van der Waals surface area (Å²) in [4.78, 5) is 30.6. The van der Waals surface area contributed by atoms with Gasteiger partial charge >= 0.3 is 0 Å². The maximum Gasteiger partial charge on any atom is 0.255 e. The molecule has 5 heteroatoms. The maximum absolute atomic E-state index is 13.3. The van der Waals surface area contributed by atoms with Crippen molar-refractivity contribution in [1.82, 2.24) is 10.3 Å². The van der Waals surface area contributed by atoms with Crippen molar-refractivity contribution in [3.05, 3.63) is 82.3 Å². The van der Waals surface area contributed by atoms with Crippen LogP contribution in [0.2, 0.25) is 0 Å². The number of aryl methyl sites for hydroxylation is 1. The molecule has 0 spiro atoms. The van der Waals surface area contributed by atoms with Crippen molar-refractivity contribution in [2.45, 2.75) is 39.5 Å². The second-order valence-electron chi connectivity index (χ2n) is 8.01. The molecular formula is C24H25N3O2. The second kappa shape index (κ2) is 7.66. The number of nitrogens with one attached hydrogen (secondary N) is 2. The molecule has 0 saturated heterocycles. The normalized spacial score (nSPS) is 21.6. The fourth-order valence-corrected chi connectivity index (χ4v) is 4.24. The summed E-state index contributed by atoms with van der Waals surface area (Å²) < 4.78 is 0. The average Bonchev–Trinajstić information content (AvgIpc) is 2.69. The number of anilines is 1. The largest absolute Gasteiger partial charge is 0.362 e. The minimum atomic E-state index is -0.377. The van der Waals surface area contributed by atoms with Gasteiger partial charge in [-0.25, -0.2) is 4.98 Å². The Morgan fingerprint density at radius 2 is 1.86 bits per heavy atom. The number of rotatable bonds is 3. The van der Waals surface area contributed by atoms with Gasteiger partial charge in [0.2, 0.25) is 0 Å². The number of pyridine rings is 1. The number of carbonyl (C=O) groups is 2. The lowest BCUT2D eigenvalue weighted by Crippen LogP contribution is -2.37. The van der Waals surface area contributed by atoms with Gasteiger partial charge in [-0.3, -0.25) is 9.59 Å². The summed E-state index contributed by atoms with van der Waals surface area (Å²) in [6.07, 6.45) is 3.05. The summed E-state index contributed by atoms with van der Waals surface area (Å²) in [5.41, 5.74) is 5.00. The number of ketones is 1. The molecule has 2 heterocycles. The van der Waals surface area contributed by atoms with Crippen LogP contribution in [-0.4, -0.2) is 16.7 Å². The van der Waals surface area contributed by atoms with Crippen LogP contribution in [0.25, 0.3) is 0 Å². The van der Waals surface area contributed by atoms with Gasteiger partial charge in [-0.1, -0.05) is 43.3 Å². The lowest BCUT2D eigenvalue weighted by Gasteiger charge is -2.36. The molecule has 29 heavy (non-hydrogen) atoms. The fourth-order valence-electron chi connectivity index (χ4n) is 4.24. The summed E-state index contributed by atoms with van der Waals surface area (Å²) in [5, 5.41) is 6.27. The molecule has 2 aliphatic rings. The molecule has 4 rings (SSSR count). The maximum atomic E-state index is 13.3. The third-order valence-electron chi connectivity index (χ3n) is 5.56. The minimum absolute atomic E-state index is 0.117. The van der Waals surface area contributed by atoms with Crippen molar-refractivity contribution in [1.29, 1.82) is 0 Å². The molecule has 0 unspecified atom stereocenters. The zero-order valence-electron chi connectivity index (χ0n) is 17.0. The number of allylic oxidation sites excluding steroid dienone is 3. The van der Waals surface area contributed by atoms with Gasteiger partial charge in [0.1, 0.15) is 5.82 Å². The summed E-state index contributed by atoms with van der Waals surface area (Å²) in [5.74, 6) is 0.295. The number of Topliss-reactive ketones (excluding diaryl/α,β-unsaturated/α-hetero) is 1. The van der Waals surface area contributed by atoms with Crippen LogP contribution in [0.15, 0.2) is 71.2 Å². The van der Waals surface area contributed by atoms with Gasteiger partial charge in [-0.05, 0) is 43.4 Å². The van der Waals surface area contributed by atoms with Crippen molar-refractivity contribution in [2.75, 3.05) is 5.32 Å². The molecule has 0 radical (unpaired) electrons. The first-order valence-electron chi connectivity index (χ1n) is 9.97. The number of nitrogens with zero attached hydrogens (tertiary/aromatic N) is 1. The Hall–Kier alpha value is -3.21. The number of dihydropyridines is 1. The number of benzene rings is 1. The molecule has 1 amide bonds. The van der Waals surface area contributed by atoms with Crippen LogP contribution in [-0.2, 0) is 9.59 Å². The van der Waals surface area contributed by atoms with E-state index in [1.54, 1.807) is 12.3 Å². The van der Waals surface area contributed by atoms with E-state index in [9.17, 15) is 9.59 Å². The SMILES string of the molecule is CC1=C(C(=O)Nc2ccc(C)cn2)[C@H](c2ccccc2)C2=C(C[C@H](C)CC2=O)N1. The Labute approximate surface area is 170 Å². The van der Waals surface area contributed by atoms with Crippen molar-refractivity contribution >= 4 is 17.5 Å². The smallest absolute Gasteiger partial charge is 0.255 e. The number of amides is 1. The van der Waals surface area contributed by atoms with Gasteiger partial charge < -0.3 is 10.6 Å². The minimum Gasteiger partial charge on any atom is -0.362 e. The Balaban J connectivity index is 1.77. The molecule has 0 bridgehead atoms. The standard InChI is InChI=1S/C24H25N3O2/c1-14-9-10-20(25-13-14)27-24(29)21-16(3)26-18-11-15(2)12-19(28)23(18)22(21)17-7-5-4-6-8-17/h4-10,13,15,22,26H,11-12H2,1-3H3,(H,25,27,29)/t15-,22-/m0/s1. The highest BCUT2D eigenvalue weighted by Crippen LogP contribution is 2.43. The van der Waals surface area contributed by atoms with Crippen LogP contribution >= 0.6 is 0 Å². The molecule has 1 aliphatic carbocycles. The fraction of sp³-hybridized carbons (Fsp3) is 0.292. The molecule has 1 aromatic carbocycles. The topological polar surface area (TPSA) is 71.1 Å². The lowest BCUT2D eigenvalue weighted by molar-refractivity contribution is -0.117. The predicted octanol–water partition coefficient (Wildman–Crippen LogP) is 4.24. The van der Waals surface area contributed by atoms with E-state index < -0.39 is 0 Å². The highest BCUT2D eigenvalue weighted by Gasteiger charge is 2.39. The number of hydrogen-bond acceptors (Lipinski definition) is 4. The summed E-state index contributed by atoms with van der Waals surface area (Å²) in [6, 6.07) is 13.5. The summed E-state index contributed by atoms with van der Waals surface area (Å²) >= 11 is 0. The quantitative estimate of drug-likeness (QED) is 0.826. The first-order chi connectivity index (χ1) is 13.9. The van der Waals surface area contributed by atoms with Gasteiger partial charge in [-0.15, -0.1) is 0 Å². The van der Waals surface area contributed by atoms with E-state index in [2.05, 4.69) is 22.5 Å². The lowest BCUT2D eigenvalue weighted by atomic mass is 9.73. The molecule has 0 fully saturated rings. The van der Waals surface area contributed by atoms with E-state index in [0.29, 0.717) is 23.7 Å². The Kier molecular flexibility index (Phi) is 5.05. The zero-order valence-corrected chi connectivity index (χ0v) is 17.0. The average molecular weight is 387 g/mol. The van der Waals surface area contributed by atoms with Gasteiger partial charge in [0.15, 0.2) is 5.78 Å². The van der Waals surface area contributed by atoms with Crippen molar-refractivity contribution < 1.29 is 9.59 Å². The van der Waals surface area contributed by atoms with Crippen molar-refractivity contribution in [3.8, 4) is 0 Å². The molecule has 1 aliphatic heterocycles. The van der Waals surface area contributed by atoms with Crippen LogP contribution in [0, 0.1) is 12.8 Å². The number of carbonyl (C=O) groups excluding carboxylic acids is 2. The first-order valence-corrected chi connectivity index (χ1v) is 9.97. The Bertz CT molecular complexity index is 1020. The third kappa shape index (κ3) is 3.73. The van der Waals surface area contributed by atoms with Gasteiger partial charge in [0.05, 0.1) is 0 Å². The third-order valence-corrected chi connectivity index (χ3v) is 5.56. The second-order valence-corrected chi connectivity index (χ2v) is 8.01. The van der Waals surface area contributed by atoms with Gasteiger partial charge in [-0.2, -0.15) is 0 Å². The summed E-state index contributed by atoms with van der Waals surface area (Å²) in [7, 11) is 0. The van der Waals surface area contributed by atoms with E-state index in [0.717, 1.165) is 34.5 Å². The number of aromatic nitrogens is 1. The van der Waals surface area contributed by atoms with Crippen LogP contribution in [0.1, 0.15) is 43.7 Å². The van der Waals surface area contributed by atoms with Crippen molar-refractivity contribution in [3.63, 3.8) is 0 Å². The molecule has 1 aromatic heterocycles. The van der Waals surface area contributed by atoms with Crippen molar-refractivity contribution in [2.24, 2.45) is 5.92 Å². The molecule has 0 saturated carbocycles. The molecule has 2 atom stereocenters. The number of hydrogen-bond donors (Lipinski definition) is 2. The highest BCUT2D eigenvalue weighted by atomic mass is 16.2. The van der Waals surface area contributed by atoms with Crippen LogP contribution in [0.4, 0.5) is 5.82 Å². The first kappa shape index (κ1) is 19.1. The van der Waals surface area contributed by atoms with Crippen LogP contribution in [0.5, 0.6) is 0 Å². The molecule has 148 valence electrons. The molecule has 5 nitrogen and oxygen atoms in total. The molecule has 2 aromatic rings. The van der Waals surface area contributed by atoms with Gasteiger partial charge in [0, 0.05) is 41.1 Å². The zero-order chi connectivity index (χ0) is 20.5. The monoisotopic (exact) mass is 387 g/mol.